The third-order valence-corrected chi connectivity index (χ3v) is 5.43. The smallest absolute Gasteiger partial charge is 0.241 e. The summed E-state index contributed by atoms with van der Waals surface area (Å²) in [6.07, 6.45) is 1.73. The summed E-state index contributed by atoms with van der Waals surface area (Å²) in [5.41, 5.74) is 1.29. The highest BCUT2D eigenvalue weighted by atomic mass is 32.2. The molecule has 0 saturated carbocycles. The van der Waals surface area contributed by atoms with Crippen LogP contribution < -0.4 is 19.1 Å². The van der Waals surface area contributed by atoms with Gasteiger partial charge in [-0.05, 0) is 36.2 Å². The van der Waals surface area contributed by atoms with Gasteiger partial charge in [0.25, 0.3) is 0 Å². The van der Waals surface area contributed by atoms with E-state index in [1.165, 1.54) is 7.11 Å². The van der Waals surface area contributed by atoms with Crippen molar-refractivity contribution in [2.24, 2.45) is 0 Å². The second-order valence-corrected chi connectivity index (χ2v) is 8.18. The molecule has 7 nitrogen and oxygen atoms in total. The van der Waals surface area contributed by atoms with E-state index >= 15 is 0 Å². The number of hydrogen-bond acceptors (Lipinski definition) is 5. The second-order valence-electron chi connectivity index (χ2n) is 6.27. The van der Waals surface area contributed by atoms with Crippen LogP contribution in [0, 0.1) is 0 Å². The van der Waals surface area contributed by atoms with Gasteiger partial charge in [0.1, 0.15) is 18.0 Å². The molecule has 0 aliphatic rings. The summed E-state index contributed by atoms with van der Waals surface area (Å²) in [5.74, 6) is 0.846. The van der Waals surface area contributed by atoms with Crippen LogP contribution >= 0.6 is 0 Å². The summed E-state index contributed by atoms with van der Waals surface area (Å²) in [6, 6.07) is 13.8. The molecule has 0 spiro atoms. The molecule has 0 fully saturated rings. The number of nitrogens with one attached hydrogen (secondary N) is 1. The van der Waals surface area contributed by atoms with Crippen LogP contribution in [0.2, 0.25) is 0 Å². The Kier molecular flexibility index (Phi) is 7.28. The van der Waals surface area contributed by atoms with E-state index in [-0.39, 0.29) is 12.6 Å². The molecule has 2 aromatic rings. The van der Waals surface area contributed by atoms with Crippen molar-refractivity contribution in [3.05, 3.63) is 54.1 Å². The SMILES string of the molecule is CC[C@H](NC(=O)CN(c1cccc(OC)c1)S(C)(=O)=O)c1ccc(OC)cc1. The Bertz CT molecular complexity index is 897. The van der Waals surface area contributed by atoms with Crippen LogP contribution in [0.15, 0.2) is 48.5 Å². The highest BCUT2D eigenvalue weighted by molar-refractivity contribution is 7.92. The zero-order chi connectivity index (χ0) is 20.7. The molecule has 1 atom stereocenters. The molecule has 0 bridgehead atoms. The maximum atomic E-state index is 12.6. The maximum absolute atomic E-state index is 12.6. The standard InChI is InChI=1S/C20H26N2O5S/c1-5-19(15-9-11-17(26-2)12-10-15)21-20(23)14-22(28(4,24)25)16-7-6-8-18(13-16)27-3/h6-13,19H,5,14H2,1-4H3,(H,21,23)/t19-/m0/s1. The first-order valence-corrected chi connectivity index (χ1v) is 10.7. The Hall–Kier alpha value is -2.74. The highest BCUT2D eigenvalue weighted by Gasteiger charge is 2.23. The lowest BCUT2D eigenvalue weighted by Crippen LogP contribution is -2.41. The van der Waals surface area contributed by atoms with Gasteiger partial charge in [-0.25, -0.2) is 8.42 Å². The van der Waals surface area contributed by atoms with Crippen molar-refractivity contribution in [2.45, 2.75) is 19.4 Å². The first-order valence-electron chi connectivity index (χ1n) is 8.83. The van der Waals surface area contributed by atoms with Gasteiger partial charge in [-0.15, -0.1) is 0 Å². The molecule has 2 rings (SSSR count). The quantitative estimate of drug-likeness (QED) is 0.692. The number of benzene rings is 2. The van der Waals surface area contributed by atoms with E-state index < -0.39 is 15.9 Å². The fraction of sp³-hybridized carbons (Fsp3) is 0.350. The number of anilines is 1. The van der Waals surface area contributed by atoms with Crippen LogP contribution in [0.1, 0.15) is 24.9 Å². The van der Waals surface area contributed by atoms with E-state index in [9.17, 15) is 13.2 Å². The van der Waals surface area contributed by atoms with Gasteiger partial charge in [-0.1, -0.05) is 25.1 Å². The zero-order valence-electron chi connectivity index (χ0n) is 16.5. The van der Waals surface area contributed by atoms with Gasteiger partial charge in [0.15, 0.2) is 0 Å². The Labute approximate surface area is 166 Å². The molecule has 0 aliphatic heterocycles. The lowest BCUT2D eigenvalue weighted by molar-refractivity contribution is -0.120. The number of ether oxygens (including phenoxy) is 2. The van der Waals surface area contributed by atoms with Crippen molar-refractivity contribution >= 4 is 21.6 Å². The molecule has 1 N–H and O–H groups in total. The fourth-order valence-corrected chi connectivity index (χ4v) is 3.64. The van der Waals surface area contributed by atoms with Crippen molar-refractivity contribution in [3.8, 4) is 11.5 Å². The fourth-order valence-electron chi connectivity index (χ4n) is 2.79. The molecule has 0 radical (unpaired) electrons. The van der Waals surface area contributed by atoms with E-state index in [0.29, 0.717) is 17.9 Å². The van der Waals surface area contributed by atoms with Crippen LogP contribution in [-0.4, -0.2) is 41.3 Å². The minimum atomic E-state index is -3.65. The normalized spacial score (nSPS) is 12.1. The van der Waals surface area contributed by atoms with Crippen molar-refractivity contribution in [3.63, 3.8) is 0 Å². The average Bonchev–Trinajstić information content (AvgIpc) is 2.69. The van der Waals surface area contributed by atoms with Crippen LogP contribution in [0.25, 0.3) is 0 Å². The monoisotopic (exact) mass is 406 g/mol. The summed E-state index contributed by atoms with van der Waals surface area (Å²) in [5, 5.41) is 2.90. The predicted octanol–water partition coefficient (Wildman–Crippen LogP) is 2.74. The van der Waals surface area contributed by atoms with Crippen molar-refractivity contribution in [1.82, 2.24) is 5.32 Å². The number of nitrogens with zero attached hydrogens (tertiary/aromatic N) is 1. The topological polar surface area (TPSA) is 84.9 Å². The molecule has 1 amide bonds. The van der Waals surface area contributed by atoms with Crippen molar-refractivity contribution in [2.75, 3.05) is 31.3 Å². The molecule has 2 aromatic carbocycles. The predicted molar refractivity (Wildman–Crippen MR) is 109 cm³/mol. The molecular weight excluding hydrogens is 380 g/mol. The average molecular weight is 407 g/mol. The van der Waals surface area contributed by atoms with Crippen LogP contribution in [-0.2, 0) is 14.8 Å². The summed E-state index contributed by atoms with van der Waals surface area (Å²) in [4.78, 5) is 12.6. The van der Waals surface area contributed by atoms with Gasteiger partial charge in [0.05, 0.1) is 32.2 Å². The molecule has 0 unspecified atom stereocenters. The number of sulfonamides is 1. The first kappa shape index (κ1) is 21.6. The molecule has 152 valence electrons. The van der Waals surface area contributed by atoms with Gasteiger partial charge >= 0.3 is 0 Å². The molecule has 0 saturated heterocycles. The van der Waals surface area contributed by atoms with E-state index in [2.05, 4.69) is 5.32 Å². The minimum Gasteiger partial charge on any atom is -0.497 e. The number of methoxy groups -OCH3 is 2. The number of amides is 1. The Morgan fingerprint density at radius 2 is 1.71 bits per heavy atom. The Balaban J connectivity index is 2.18. The highest BCUT2D eigenvalue weighted by Crippen LogP contribution is 2.24. The van der Waals surface area contributed by atoms with Gasteiger partial charge in [-0.2, -0.15) is 0 Å². The minimum absolute atomic E-state index is 0.231. The second kappa shape index (κ2) is 9.45. The van der Waals surface area contributed by atoms with E-state index in [4.69, 9.17) is 9.47 Å². The van der Waals surface area contributed by atoms with Gasteiger partial charge in [0.2, 0.25) is 15.9 Å². The van der Waals surface area contributed by atoms with Crippen LogP contribution in [0.5, 0.6) is 11.5 Å². The number of rotatable bonds is 9. The Morgan fingerprint density at radius 1 is 1.07 bits per heavy atom. The Morgan fingerprint density at radius 3 is 2.25 bits per heavy atom. The van der Waals surface area contributed by atoms with E-state index in [0.717, 1.165) is 21.9 Å². The number of carbonyl (C=O) groups excluding carboxylic acids is 1. The molecule has 28 heavy (non-hydrogen) atoms. The number of hydrogen-bond donors (Lipinski definition) is 1. The zero-order valence-corrected chi connectivity index (χ0v) is 17.3. The molecule has 0 aromatic heterocycles. The van der Waals surface area contributed by atoms with Crippen molar-refractivity contribution in [1.29, 1.82) is 0 Å². The maximum Gasteiger partial charge on any atom is 0.241 e. The number of carbonyl (C=O) groups is 1. The van der Waals surface area contributed by atoms with Gasteiger partial charge in [0, 0.05) is 6.07 Å². The third-order valence-electron chi connectivity index (χ3n) is 4.29. The largest absolute Gasteiger partial charge is 0.497 e. The lowest BCUT2D eigenvalue weighted by Gasteiger charge is -2.24. The molecular formula is C20H26N2O5S. The molecule has 0 aliphatic carbocycles. The van der Waals surface area contributed by atoms with Crippen LogP contribution in [0.3, 0.4) is 0 Å². The summed E-state index contributed by atoms with van der Waals surface area (Å²) < 4.78 is 35.9. The van der Waals surface area contributed by atoms with E-state index in [1.807, 2.05) is 31.2 Å². The van der Waals surface area contributed by atoms with Gasteiger partial charge in [-0.3, -0.25) is 9.10 Å². The van der Waals surface area contributed by atoms with E-state index in [1.54, 1.807) is 31.4 Å². The summed E-state index contributed by atoms with van der Waals surface area (Å²) in [6.45, 7) is 1.63. The van der Waals surface area contributed by atoms with Gasteiger partial charge < -0.3 is 14.8 Å². The lowest BCUT2D eigenvalue weighted by atomic mass is 10.0. The molecule has 8 heteroatoms. The first-order chi connectivity index (χ1) is 13.3. The summed E-state index contributed by atoms with van der Waals surface area (Å²) in [7, 11) is -0.567. The third kappa shape index (κ3) is 5.63. The molecule has 0 heterocycles. The summed E-state index contributed by atoms with van der Waals surface area (Å²) >= 11 is 0. The van der Waals surface area contributed by atoms with Crippen molar-refractivity contribution < 1.29 is 22.7 Å². The van der Waals surface area contributed by atoms with Crippen LogP contribution in [0.4, 0.5) is 5.69 Å².